The summed E-state index contributed by atoms with van der Waals surface area (Å²) in [6.07, 6.45) is -3.48. The first-order chi connectivity index (χ1) is 28.2. The minimum absolute atomic E-state index is 0.0338. The molecule has 60 heavy (non-hydrogen) atoms. The van der Waals surface area contributed by atoms with Gasteiger partial charge in [-0.15, -0.1) is 0 Å². The Hall–Kier alpha value is -4.62. The van der Waals surface area contributed by atoms with Gasteiger partial charge in [0.2, 0.25) is 0 Å². The molecule has 1 aliphatic carbocycles. The van der Waals surface area contributed by atoms with E-state index in [1.165, 1.54) is 0 Å². The molecule has 2 aromatic carbocycles. The predicted octanol–water partition coefficient (Wildman–Crippen LogP) is 8.63. The summed E-state index contributed by atoms with van der Waals surface area (Å²) in [7, 11) is 0. The van der Waals surface area contributed by atoms with Crippen molar-refractivity contribution < 1.29 is 50.5 Å². The van der Waals surface area contributed by atoms with E-state index in [-0.39, 0.29) is 75.3 Å². The molecule has 3 aliphatic heterocycles. The average Bonchev–Trinajstić information content (AvgIpc) is 3.68. The first-order valence-corrected chi connectivity index (χ1v) is 20.9. The molecule has 324 valence electrons. The van der Waals surface area contributed by atoms with Crippen LogP contribution in [-0.2, 0) is 20.4 Å². The summed E-state index contributed by atoms with van der Waals surface area (Å²) in [4.78, 5) is 45.0. The van der Waals surface area contributed by atoms with Gasteiger partial charge in [-0.2, -0.15) is 23.1 Å². The van der Waals surface area contributed by atoms with Crippen molar-refractivity contribution in [2.45, 2.75) is 96.7 Å². The third kappa shape index (κ3) is 8.75. The van der Waals surface area contributed by atoms with E-state index in [1.54, 1.807) is 51.3 Å². The maximum atomic E-state index is 17.4. The Balaban J connectivity index is 1.23. The number of hydrogen-bond acceptors (Lipinski definition) is 12. The minimum atomic E-state index is -5.11. The predicted molar refractivity (Wildman–Crippen MR) is 214 cm³/mol. The van der Waals surface area contributed by atoms with E-state index >= 15 is 22.0 Å². The molecule has 2 amide bonds. The van der Waals surface area contributed by atoms with Gasteiger partial charge >= 0.3 is 24.4 Å². The number of ether oxygens (including phenoxy) is 4. The highest BCUT2D eigenvalue weighted by atomic mass is 32.1. The summed E-state index contributed by atoms with van der Waals surface area (Å²) >= 11 is 0.671. The monoisotopic (exact) mass is 861 g/mol. The van der Waals surface area contributed by atoms with Crippen molar-refractivity contribution in [1.29, 1.82) is 0 Å². The van der Waals surface area contributed by atoms with Crippen molar-refractivity contribution in [3.63, 3.8) is 0 Å². The van der Waals surface area contributed by atoms with Crippen molar-refractivity contribution in [1.82, 2.24) is 24.8 Å². The van der Waals surface area contributed by atoms with Crippen LogP contribution in [0.3, 0.4) is 0 Å². The number of rotatable bonds is 8. The number of benzene rings is 2. The molecule has 5 heterocycles. The molecule has 4 fully saturated rings. The standard InChI is InChI=1S/C41H48F5N7O6S/c1-38(2,3)58-36(54)50-35-48-31-24(9-10-27(42)32(31)60-35)28-26(41(44,45)46)17-25-30(29(28)43)47-34(57-21-40(11-12-40)20-51-13-15-56-16-14-51)49-33(25)52-18-22-7-8-23(19-52)53(22)37(55)59-39(4,5)6/h9-10,17,22-23H,7-8,11-16,18-21H2,1-6H3,(H,48,50,54). The van der Waals surface area contributed by atoms with Gasteiger partial charge in [-0.05, 0) is 85.4 Å². The topological polar surface area (TPSA) is 131 Å². The van der Waals surface area contributed by atoms with Crippen molar-refractivity contribution in [3.8, 4) is 17.1 Å². The quantitative estimate of drug-likeness (QED) is 0.171. The van der Waals surface area contributed by atoms with E-state index in [4.69, 9.17) is 23.9 Å². The van der Waals surface area contributed by atoms with Crippen LogP contribution in [0.1, 0.15) is 72.8 Å². The Morgan fingerprint density at radius 2 is 1.60 bits per heavy atom. The Morgan fingerprint density at radius 1 is 0.933 bits per heavy atom. The van der Waals surface area contributed by atoms with Gasteiger partial charge in [-0.25, -0.2) is 23.4 Å². The van der Waals surface area contributed by atoms with E-state index in [1.807, 2.05) is 0 Å². The second-order valence-corrected chi connectivity index (χ2v) is 19.1. The van der Waals surface area contributed by atoms with Crippen LogP contribution in [0.5, 0.6) is 6.01 Å². The highest BCUT2D eigenvalue weighted by molar-refractivity contribution is 7.22. The molecule has 4 aliphatic rings. The molecule has 2 unspecified atom stereocenters. The number of fused-ring (bicyclic) bond motifs is 4. The Morgan fingerprint density at radius 3 is 2.22 bits per heavy atom. The highest BCUT2D eigenvalue weighted by Crippen LogP contribution is 2.49. The Labute approximate surface area is 347 Å². The van der Waals surface area contributed by atoms with Crippen molar-refractivity contribution in [3.05, 3.63) is 35.4 Å². The molecule has 13 nitrogen and oxygen atoms in total. The fourth-order valence-corrected chi connectivity index (χ4v) is 9.15. The molecule has 4 aromatic rings. The largest absolute Gasteiger partial charge is 0.463 e. The number of halogens is 5. The summed E-state index contributed by atoms with van der Waals surface area (Å²) in [5.41, 5.74) is -5.17. The zero-order valence-electron chi connectivity index (χ0n) is 34.3. The summed E-state index contributed by atoms with van der Waals surface area (Å²) in [5, 5.41) is 2.03. The van der Waals surface area contributed by atoms with Crippen LogP contribution in [0.2, 0.25) is 0 Å². The van der Waals surface area contributed by atoms with Crippen LogP contribution in [0.25, 0.3) is 32.2 Å². The molecule has 2 aromatic heterocycles. The number of morpholine rings is 1. The molecular weight excluding hydrogens is 814 g/mol. The second-order valence-electron chi connectivity index (χ2n) is 18.1. The molecule has 2 atom stereocenters. The van der Waals surface area contributed by atoms with Gasteiger partial charge in [0, 0.05) is 54.7 Å². The van der Waals surface area contributed by atoms with Crippen molar-refractivity contribution in [2.75, 3.05) is 62.8 Å². The number of piperazine rings is 1. The first-order valence-electron chi connectivity index (χ1n) is 20.1. The van der Waals surface area contributed by atoms with Gasteiger partial charge in [0.05, 0.1) is 47.7 Å². The number of alkyl halides is 3. The lowest BCUT2D eigenvalue weighted by atomic mass is 9.95. The Kier molecular flexibility index (Phi) is 10.8. The zero-order chi connectivity index (χ0) is 42.9. The van der Waals surface area contributed by atoms with E-state index in [0.717, 1.165) is 50.7 Å². The molecule has 19 heteroatoms. The molecule has 8 rings (SSSR count). The number of nitrogens with zero attached hydrogens (tertiary/aromatic N) is 6. The Bertz CT molecular complexity index is 2310. The van der Waals surface area contributed by atoms with Crippen molar-refractivity contribution >= 4 is 55.6 Å². The third-order valence-electron chi connectivity index (χ3n) is 11.1. The number of amides is 2. The number of hydrogen-bond donors (Lipinski definition) is 1. The van der Waals surface area contributed by atoms with Gasteiger partial charge in [-0.3, -0.25) is 15.1 Å². The van der Waals surface area contributed by atoms with Crippen LogP contribution < -0.4 is 15.0 Å². The maximum Gasteiger partial charge on any atom is 0.417 e. The fraction of sp³-hybridized carbons (Fsp3) is 0.585. The molecule has 0 spiro atoms. The lowest BCUT2D eigenvalue weighted by Crippen LogP contribution is -2.57. The van der Waals surface area contributed by atoms with Gasteiger partial charge < -0.3 is 23.8 Å². The van der Waals surface area contributed by atoms with E-state index in [9.17, 15) is 9.59 Å². The van der Waals surface area contributed by atoms with Gasteiger partial charge in [0.15, 0.2) is 10.9 Å². The number of carbonyl (C=O) groups excluding carboxylic acids is 2. The molecular formula is C41H48F5N7O6S. The molecule has 2 bridgehead atoms. The van der Waals surface area contributed by atoms with Gasteiger partial charge in [0.1, 0.15) is 28.4 Å². The van der Waals surface area contributed by atoms with E-state index < -0.39 is 57.8 Å². The van der Waals surface area contributed by atoms with E-state index in [2.05, 4.69) is 20.2 Å². The minimum Gasteiger partial charge on any atom is -0.463 e. The normalized spacial score (nSPS) is 20.8. The van der Waals surface area contributed by atoms with Gasteiger partial charge in [-0.1, -0.05) is 11.3 Å². The lowest BCUT2D eigenvalue weighted by Gasteiger charge is -2.42. The van der Waals surface area contributed by atoms with Crippen LogP contribution in [0, 0.1) is 17.0 Å². The average molecular weight is 862 g/mol. The van der Waals surface area contributed by atoms with Gasteiger partial charge in [0.25, 0.3) is 0 Å². The molecule has 3 saturated heterocycles. The van der Waals surface area contributed by atoms with Crippen LogP contribution in [-0.4, -0.2) is 113 Å². The smallest absolute Gasteiger partial charge is 0.417 e. The number of aromatic nitrogens is 3. The van der Waals surface area contributed by atoms with Crippen LogP contribution in [0.15, 0.2) is 18.2 Å². The SMILES string of the molecule is CC(C)(C)OC(=O)Nc1nc2c(-c3c(C(F)(F)F)cc4c(N5CC6CCC(C5)N6C(=O)OC(C)(C)C)nc(OCC5(CN6CCOCC6)CC5)nc4c3F)ccc(F)c2s1. The fourth-order valence-electron chi connectivity index (χ4n) is 8.27. The maximum absolute atomic E-state index is 17.4. The van der Waals surface area contributed by atoms with E-state index in [0.29, 0.717) is 37.4 Å². The number of nitrogens with one attached hydrogen (secondary N) is 1. The highest BCUT2D eigenvalue weighted by Gasteiger charge is 2.47. The first kappa shape index (κ1) is 42.1. The van der Waals surface area contributed by atoms with Crippen molar-refractivity contribution in [2.24, 2.45) is 5.41 Å². The zero-order valence-corrected chi connectivity index (χ0v) is 35.1. The summed E-state index contributed by atoms with van der Waals surface area (Å²) in [5.74, 6) is -2.13. The molecule has 1 N–H and O–H groups in total. The number of anilines is 2. The summed E-state index contributed by atoms with van der Waals surface area (Å²) in [6, 6.07) is 1.88. The van der Waals surface area contributed by atoms with Crippen LogP contribution >= 0.6 is 11.3 Å². The summed E-state index contributed by atoms with van der Waals surface area (Å²) in [6.45, 7) is 14.4. The lowest BCUT2D eigenvalue weighted by molar-refractivity contribution is -0.137. The number of thiazole rings is 1. The third-order valence-corrected chi connectivity index (χ3v) is 12.1. The van der Waals surface area contributed by atoms with Crippen LogP contribution in [0.4, 0.5) is 42.5 Å². The summed E-state index contributed by atoms with van der Waals surface area (Å²) < 4.78 is 101. The number of carbonyl (C=O) groups is 2. The molecule has 0 radical (unpaired) electrons. The second kappa shape index (κ2) is 15.4. The molecule has 1 saturated carbocycles.